The summed E-state index contributed by atoms with van der Waals surface area (Å²) in [7, 11) is 1.58. The number of nitrogen functional groups attached to an aromatic ring is 1. The number of ether oxygens (including phenoxy) is 1. The minimum Gasteiger partial charge on any atom is -0.497 e. The highest BCUT2D eigenvalue weighted by atomic mass is 16.5. The normalized spacial score (nSPS) is 10.7. The van der Waals surface area contributed by atoms with Crippen LogP contribution in [0, 0.1) is 0 Å². The molecule has 0 aliphatic heterocycles. The maximum atomic E-state index is 12.6. The van der Waals surface area contributed by atoms with Crippen LogP contribution >= 0.6 is 0 Å². The van der Waals surface area contributed by atoms with Crippen molar-refractivity contribution in [1.29, 1.82) is 0 Å². The van der Waals surface area contributed by atoms with Gasteiger partial charge in [-0.05, 0) is 35.9 Å². The fourth-order valence-electron chi connectivity index (χ4n) is 2.65. The van der Waals surface area contributed by atoms with E-state index in [1.54, 1.807) is 37.4 Å². The number of carbonyl (C=O) groups is 1. The van der Waals surface area contributed by atoms with Gasteiger partial charge < -0.3 is 20.1 Å². The average molecular weight is 324 g/mol. The van der Waals surface area contributed by atoms with Crippen LogP contribution in [-0.4, -0.2) is 22.8 Å². The van der Waals surface area contributed by atoms with Gasteiger partial charge in [-0.15, -0.1) is 0 Å². The molecule has 122 valence electrons. The number of anilines is 1. The quantitative estimate of drug-likeness (QED) is 0.718. The molecule has 0 aliphatic rings. The molecule has 3 aromatic rings. The van der Waals surface area contributed by atoms with Crippen LogP contribution in [0.5, 0.6) is 5.75 Å². The van der Waals surface area contributed by atoms with Gasteiger partial charge >= 0.3 is 5.97 Å². The fourth-order valence-corrected chi connectivity index (χ4v) is 2.65. The molecule has 6 nitrogen and oxygen atoms in total. The van der Waals surface area contributed by atoms with Gasteiger partial charge in [-0.2, -0.15) is 0 Å². The third kappa shape index (κ3) is 2.69. The molecule has 0 atom stereocenters. The average Bonchev–Trinajstić information content (AvgIpc) is 2.58. The van der Waals surface area contributed by atoms with E-state index in [4.69, 9.17) is 10.5 Å². The highest BCUT2D eigenvalue weighted by molar-refractivity contribution is 5.97. The van der Waals surface area contributed by atoms with Crippen molar-refractivity contribution >= 4 is 22.6 Å². The minimum atomic E-state index is -1.27. The van der Waals surface area contributed by atoms with Gasteiger partial charge in [0.2, 0.25) is 0 Å². The Kier molecular flexibility index (Phi) is 3.95. The number of benzene rings is 2. The molecular weight excluding hydrogens is 308 g/mol. The smallest absolute Gasteiger partial charge is 0.341 e. The highest BCUT2D eigenvalue weighted by Crippen LogP contribution is 2.22. The van der Waals surface area contributed by atoms with Crippen LogP contribution in [0.15, 0.2) is 53.3 Å². The summed E-state index contributed by atoms with van der Waals surface area (Å²) in [6.45, 7) is 0.240. The van der Waals surface area contributed by atoms with E-state index in [0.29, 0.717) is 22.3 Å². The third-order valence-corrected chi connectivity index (χ3v) is 3.90. The van der Waals surface area contributed by atoms with E-state index in [2.05, 4.69) is 0 Å². The van der Waals surface area contributed by atoms with Crippen LogP contribution in [0.3, 0.4) is 0 Å². The largest absolute Gasteiger partial charge is 0.497 e. The van der Waals surface area contributed by atoms with E-state index in [-0.39, 0.29) is 12.1 Å². The zero-order valence-corrected chi connectivity index (χ0v) is 13.0. The lowest BCUT2D eigenvalue weighted by atomic mass is 10.1. The zero-order chi connectivity index (χ0) is 17.3. The molecule has 3 N–H and O–H groups in total. The number of nitrogens with zero attached hydrogens (tertiary/aromatic N) is 1. The molecular formula is C18H16N2O4. The number of aromatic nitrogens is 1. The highest BCUT2D eigenvalue weighted by Gasteiger charge is 2.16. The van der Waals surface area contributed by atoms with Gasteiger partial charge in [-0.1, -0.05) is 18.2 Å². The van der Waals surface area contributed by atoms with E-state index in [9.17, 15) is 14.7 Å². The molecule has 0 spiro atoms. The number of carboxylic acids is 1. The van der Waals surface area contributed by atoms with Crippen molar-refractivity contribution in [3.8, 4) is 5.75 Å². The van der Waals surface area contributed by atoms with Crippen LogP contribution in [-0.2, 0) is 6.54 Å². The number of pyridine rings is 1. The van der Waals surface area contributed by atoms with Crippen molar-refractivity contribution in [2.45, 2.75) is 6.54 Å². The molecule has 0 aliphatic carbocycles. The van der Waals surface area contributed by atoms with Crippen molar-refractivity contribution in [3.05, 3.63) is 70.0 Å². The summed E-state index contributed by atoms with van der Waals surface area (Å²) in [6.07, 6.45) is 0. The molecule has 0 saturated carbocycles. The van der Waals surface area contributed by atoms with Crippen LogP contribution < -0.4 is 16.0 Å². The zero-order valence-electron chi connectivity index (χ0n) is 13.0. The number of hydrogen-bond donors (Lipinski definition) is 2. The summed E-state index contributed by atoms with van der Waals surface area (Å²) in [4.78, 5) is 24.0. The Bertz CT molecular complexity index is 975. The Balaban J connectivity index is 2.21. The first kappa shape index (κ1) is 15.6. The Labute approximate surface area is 137 Å². The summed E-state index contributed by atoms with van der Waals surface area (Å²) in [5.74, 6) is -0.562. The summed E-state index contributed by atoms with van der Waals surface area (Å²) in [6, 6.07) is 13.7. The van der Waals surface area contributed by atoms with E-state index >= 15 is 0 Å². The molecule has 2 aromatic carbocycles. The Morgan fingerprint density at radius 2 is 1.92 bits per heavy atom. The minimum absolute atomic E-state index is 0.240. The van der Waals surface area contributed by atoms with Crippen molar-refractivity contribution in [3.63, 3.8) is 0 Å². The number of hydrogen-bond acceptors (Lipinski definition) is 4. The Morgan fingerprint density at radius 1 is 1.21 bits per heavy atom. The third-order valence-electron chi connectivity index (χ3n) is 3.90. The van der Waals surface area contributed by atoms with Crippen molar-refractivity contribution < 1.29 is 14.6 Å². The Morgan fingerprint density at radius 3 is 2.54 bits per heavy atom. The van der Waals surface area contributed by atoms with E-state index < -0.39 is 11.5 Å². The van der Waals surface area contributed by atoms with Gasteiger partial charge in [0.1, 0.15) is 11.3 Å². The van der Waals surface area contributed by atoms with Gasteiger partial charge in [-0.25, -0.2) is 4.79 Å². The lowest BCUT2D eigenvalue weighted by Crippen LogP contribution is -2.27. The topological polar surface area (TPSA) is 94.5 Å². The first-order chi connectivity index (χ1) is 11.5. The van der Waals surface area contributed by atoms with Gasteiger partial charge in [-0.3, -0.25) is 4.79 Å². The van der Waals surface area contributed by atoms with Gasteiger partial charge in [0.05, 0.1) is 19.2 Å². The lowest BCUT2D eigenvalue weighted by molar-refractivity contribution is 0.0694. The number of fused-ring (bicyclic) bond motifs is 1. The molecule has 0 fully saturated rings. The summed E-state index contributed by atoms with van der Waals surface area (Å²) >= 11 is 0. The number of methoxy groups -OCH3 is 1. The molecule has 24 heavy (non-hydrogen) atoms. The summed E-state index contributed by atoms with van der Waals surface area (Å²) < 4.78 is 6.54. The van der Waals surface area contributed by atoms with Gasteiger partial charge in [0.25, 0.3) is 5.56 Å². The predicted molar refractivity (Wildman–Crippen MR) is 91.7 cm³/mol. The molecule has 3 rings (SSSR count). The van der Waals surface area contributed by atoms with Crippen molar-refractivity contribution in [1.82, 2.24) is 4.57 Å². The molecule has 0 saturated heterocycles. The van der Waals surface area contributed by atoms with Crippen LogP contribution in [0.25, 0.3) is 10.9 Å². The molecule has 0 unspecified atom stereocenters. The first-order valence-electron chi connectivity index (χ1n) is 7.29. The van der Waals surface area contributed by atoms with Crippen molar-refractivity contribution in [2.75, 3.05) is 12.8 Å². The fraction of sp³-hybridized carbons (Fsp3) is 0.111. The van der Waals surface area contributed by atoms with Crippen molar-refractivity contribution in [2.24, 2.45) is 0 Å². The Hall–Kier alpha value is -3.28. The molecule has 1 aromatic heterocycles. The van der Waals surface area contributed by atoms with Gasteiger partial charge in [0, 0.05) is 11.1 Å². The molecule has 6 heteroatoms. The molecule has 0 amide bonds. The maximum Gasteiger partial charge on any atom is 0.341 e. The second kappa shape index (κ2) is 6.08. The SMILES string of the molecule is COc1ccc(Cn2c(=O)c(C(=O)O)cc3c(N)cccc32)cc1. The first-order valence-corrected chi connectivity index (χ1v) is 7.29. The second-order valence-electron chi connectivity index (χ2n) is 5.38. The molecule has 1 heterocycles. The maximum absolute atomic E-state index is 12.6. The van der Waals surface area contributed by atoms with Crippen LogP contribution in [0.1, 0.15) is 15.9 Å². The predicted octanol–water partition coefficient (Wildman–Crippen LogP) is 2.34. The summed E-state index contributed by atoms with van der Waals surface area (Å²) in [5, 5.41) is 9.85. The standard InChI is InChI=1S/C18H16N2O4/c1-24-12-7-5-11(6-8-12)10-20-16-4-2-3-15(19)13(16)9-14(17(20)21)18(22)23/h2-9H,10,19H2,1H3,(H,22,23). The van der Waals surface area contributed by atoms with Crippen LogP contribution in [0.2, 0.25) is 0 Å². The van der Waals surface area contributed by atoms with E-state index in [1.807, 2.05) is 12.1 Å². The molecule has 0 bridgehead atoms. The van der Waals surface area contributed by atoms with E-state index in [0.717, 1.165) is 5.56 Å². The summed E-state index contributed by atoms with van der Waals surface area (Å²) in [5.41, 5.74) is 6.97. The van der Waals surface area contributed by atoms with Crippen LogP contribution in [0.4, 0.5) is 5.69 Å². The van der Waals surface area contributed by atoms with Gasteiger partial charge in [0.15, 0.2) is 0 Å². The second-order valence-corrected chi connectivity index (χ2v) is 5.38. The monoisotopic (exact) mass is 324 g/mol. The molecule has 0 radical (unpaired) electrons. The number of carboxylic acid groups (broad SMARTS) is 1. The number of aromatic carboxylic acids is 1. The number of nitrogens with two attached hydrogens (primary N) is 1. The number of rotatable bonds is 4. The lowest BCUT2D eigenvalue weighted by Gasteiger charge is -2.13. The van der Waals surface area contributed by atoms with E-state index in [1.165, 1.54) is 10.6 Å².